The van der Waals surface area contributed by atoms with E-state index < -0.39 is 24.1 Å². The van der Waals surface area contributed by atoms with Gasteiger partial charge >= 0.3 is 0 Å². The minimum Gasteiger partial charge on any atom is -0.388 e. The van der Waals surface area contributed by atoms with E-state index in [1.165, 1.54) is 17.6 Å². The molecule has 0 unspecified atom stereocenters. The summed E-state index contributed by atoms with van der Waals surface area (Å²) in [5.74, 6) is -1.20. The van der Waals surface area contributed by atoms with Gasteiger partial charge in [0.1, 0.15) is 42.1 Å². The summed E-state index contributed by atoms with van der Waals surface area (Å²) in [5, 5.41) is 12.6. The number of carbonyl (C=O) groups excluding carboxylic acids is 2. The van der Waals surface area contributed by atoms with Crippen molar-refractivity contribution in [3.8, 4) is 11.3 Å². The van der Waals surface area contributed by atoms with Crippen LogP contribution in [0, 0.1) is 11.6 Å². The van der Waals surface area contributed by atoms with E-state index >= 15 is 0 Å². The molecule has 36 heavy (non-hydrogen) atoms. The predicted molar refractivity (Wildman–Crippen MR) is 130 cm³/mol. The number of amides is 1. The number of benzene rings is 1. The molecule has 0 spiro atoms. The quantitative estimate of drug-likeness (QED) is 0.520. The molecule has 0 aliphatic carbocycles. The van der Waals surface area contributed by atoms with Crippen molar-refractivity contribution in [2.45, 2.75) is 20.1 Å². The lowest BCUT2D eigenvalue weighted by Gasteiger charge is -2.38. The van der Waals surface area contributed by atoms with Crippen LogP contribution in [0.2, 0.25) is 0 Å². The molecule has 9 nitrogen and oxygen atoms in total. The number of fused-ring (bicyclic) bond motifs is 1. The number of aromatic nitrogens is 3. The first kappa shape index (κ1) is 24.7. The Kier molecular flexibility index (Phi) is 6.67. The van der Waals surface area contributed by atoms with E-state index in [4.69, 9.17) is 0 Å². The minimum atomic E-state index is -1.00. The molecule has 0 radical (unpaired) electrons. The van der Waals surface area contributed by atoms with Crippen LogP contribution in [0.15, 0.2) is 55.4 Å². The highest BCUT2D eigenvalue weighted by atomic mass is 19.2. The lowest BCUT2D eigenvalue weighted by atomic mass is 10.1. The van der Waals surface area contributed by atoms with Crippen LogP contribution >= 0.6 is 0 Å². The van der Waals surface area contributed by atoms with E-state index in [0.717, 1.165) is 12.1 Å². The van der Waals surface area contributed by atoms with Gasteiger partial charge in [0.05, 0.1) is 17.9 Å². The molecule has 3 aromatic rings. The second-order valence-corrected chi connectivity index (χ2v) is 8.24. The van der Waals surface area contributed by atoms with E-state index in [2.05, 4.69) is 28.4 Å². The summed E-state index contributed by atoms with van der Waals surface area (Å²) in [7, 11) is 1.72. The molecule has 4 rings (SSSR count). The number of aliphatic hydroxyl groups is 1. The summed E-state index contributed by atoms with van der Waals surface area (Å²) in [6, 6.07) is 8.21. The number of hydrogen-bond acceptors (Lipinski definition) is 7. The standard InChI is InChI=1S/C25H24F2N6O3/c1-14(35)11-32-15(2)24-25(31(4)16(32)3)30-22(13-34)33(24)12-23(36)29-21-7-5-6-20(28-21)17-8-9-18(26)19(27)10-17/h5-10,34H,2-3,11-13H2,1,4H3,(H,28,29,36). The van der Waals surface area contributed by atoms with Crippen LogP contribution in [-0.4, -0.2) is 49.8 Å². The molecule has 2 aromatic heterocycles. The maximum absolute atomic E-state index is 13.6. The fourth-order valence-corrected chi connectivity index (χ4v) is 3.94. The second kappa shape index (κ2) is 9.70. The Morgan fingerprint density at radius 2 is 1.83 bits per heavy atom. The zero-order valence-electron chi connectivity index (χ0n) is 19.8. The van der Waals surface area contributed by atoms with Crippen LogP contribution in [0.1, 0.15) is 18.4 Å². The van der Waals surface area contributed by atoms with Crippen molar-refractivity contribution < 1.29 is 23.5 Å². The lowest BCUT2D eigenvalue weighted by molar-refractivity contribution is -0.118. The first-order valence-corrected chi connectivity index (χ1v) is 10.9. The van der Waals surface area contributed by atoms with Gasteiger partial charge in [-0.05, 0) is 37.3 Å². The average molecular weight is 495 g/mol. The molecule has 3 heterocycles. The third-order valence-electron chi connectivity index (χ3n) is 5.70. The molecule has 2 N–H and O–H groups in total. The summed E-state index contributed by atoms with van der Waals surface area (Å²) >= 11 is 0. The largest absolute Gasteiger partial charge is 0.388 e. The van der Waals surface area contributed by atoms with E-state index in [-0.39, 0.29) is 30.5 Å². The van der Waals surface area contributed by atoms with Gasteiger partial charge in [-0.25, -0.2) is 18.7 Å². The fraction of sp³-hybridized carbons (Fsp3) is 0.200. The van der Waals surface area contributed by atoms with E-state index in [0.29, 0.717) is 34.3 Å². The van der Waals surface area contributed by atoms with Crippen molar-refractivity contribution in [1.29, 1.82) is 0 Å². The Balaban J connectivity index is 1.61. The molecule has 1 amide bonds. The topological polar surface area (TPSA) is 104 Å². The molecule has 0 fully saturated rings. The molecule has 11 heteroatoms. The van der Waals surface area contributed by atoms with Gasteiger partial charge in [0, 0.05) is 12.6 Å². The monoisotopic (exact) mass is 494 g/mol. The Morgan fingerprint density at radius 1 is 1.08 bits per heavy atom. The number of halogens is 2. The number of carbonyl (C=O) groups is 2. The Bertz CT molecular complexity index is 1400. The smallest absolute Gasteiger partial charge is 0.245 e. The molecule has 186 valence electrons. The van der Waals surface area contributed by atoms with Crippen LogP contribution < -0.4 is 10.2 Å². The van der Waals surface area contributed by atoms with Crippen molar-refractivity contribution in [3.05, 3.63) is 78.5 Å². The van der Waals surface area contributed by atoms with Gasteiger partial charge in [0.25, 0.3) is 0 Å². The Labute approximate surface area is 206 Å². The highest BCUT2D eigenvalue weighted by molar-refractivity contribution is 5.91. The first-order valence-electron chi connectivity index (χ1n) is 10.9. The number of pyridine rings is 1. The summed E-state index contributed by atoms with van der Waals surface area (Å²) in [4.78, 5) is 36.8. The number of ketones is 1. The number of Topliss-reactive ketones (excluding diaryl/α,β-unsaturated/α-hetero) is 1. The van der Waals surface area contributed by atoms with Crippen LogP contribution in [0.25, 0.3) is 17.0 Å². The highest BCUT2D eigenvalue weighted by Crippen LogP contribution is 2.38. The molecular weight excluding hydrogens is 470 g/mol. The molecule has 0 bridgehead atoms. The zero-order valence-corrected chi connectivity index (χ0v) is 19.8. The van der Waals surface area contributed by atoms with Crippen molar-refractivity contribution >= 4 is 29.0 Å². The number of rotatable bonds is 7. The fourth-order valence-electron chi connectivity index (χ4n) is 3.94. The number of anilines is 2. The molecule has 1 aliphatic rings. The van der Waals surface area contributed by atoms with Crippen LogP contribution in [0.4, 0.5) is 20.4 Å². The molecule has 1 aliphatic heterocycles. The lowest BCUT2D eigenvalue weighted by Crippen LogP contribution is -2.39. The van der Waals surface area contributed by atoms with Gasteiger partial charge in [-0.2, -0.15) is 0 Å². The van der Waals surface area contributed by atoms with Gasteiger partial charge in [-0.15, -0.1) is 0 Å². The number of hydrogen-bond donors (Lipinski definition) is 2. The average Bonchev–Trinajstić information content (AvgIpc) is 3.20. The van der Waals surface area contributed by atoms with Gasteiger partial charge < -0.3 is 24.8 Å². The third kappa shape index (κ3) is 4.60. The normalized spacial score (nSPS) is 13.1. The summed E-state index contributed by atoms with van der Waals surface area (Å²) in [5.41, 5.74) is 1.58. The van der Waals surface area contributed by atoms with Crippen LogP contribution in [0.5, 0.6) is 0 Å². The van der Waals surface area contributed by atoms with E-state index in [9.17, 15) is 23.5 Å². The Morgan fingerprint density at radius 3 is 2.50 bits per heavy atom. The molecular formula is C25H24F2N6O3. The van der Waals surface area contributed by atoms with Gasteiger partial charge in [0.2, 0.25) is 5.91 Å². The summed E-state index contributed by atoms with van der Waals surface area (Å²) < 4.78 is 28.4. The Hall–Kier alpha value is -4.38. The minimum absolute atomic E-state index is 0.0357. The molecule has 0 atom stereocenters. The second-order valence-electron chi connectivity index (χ2n) is 8.24. The van der Waals surface area contributed by atoms with Crippen molar-refractivity contribution in [2.75, 3.05) is 23.8 Å². The highest BCUT2D eigenvalue weighted by Gasteiger charge is 2.33. The summed E-state index contributed by atoms with van der Waals surface area (Å²) in [6.07, 6.45) is 0. The van der Waals surface area contributed by atoms with Gasteiger partial charge in [-0.1, -0.05) is 19.2 Å². The number of aliphatic hydroxyl groups excluding tert-OH is 1. The van der Waals surface area contributed by atoms with Crippen LogP contribution in [-0.2, 0) is 22.7 Å². The van der Waals surface area contributed by atoms with Crippen molar-refractivity contribution in [1.82, 2.24) is 19.4 Å². The predicted octanol–water partition coefficient (Wildman–Crippen LogP) is 3.14. The van der Waals surface area contributed by atoms with E-state index in [1.807, 2.05) is 0 Å². The first-order chi connectivity index (χ1) is 17.1. The summed E-state index contributed by atoms with van der Waals surface area (Å²) in [6.45, 7) is 8.88. The molecule has 0 saturated heterocycles. The SMILES string of the molecule is C=C1c2c(nc(CO)n2CC(=O)Nc2cccc(-c3ccc(F)c(F)c3)n2)N(C)C(=C)N1CC(C)=O. The number of nitrogens with zero attached hydrogens (tertiary/aromatic N) is 5. The molecule has 1 aromatic carbocycles. The van der Waals surface area contributed by atoms with Gasteiger partial charge in [0.15, 0.2) is 17.5 Å². The van der Waals surface area contributed by atoms with Crippen molar-refractivity contribution in [2.24, 2.45) is 0 Å². The third-order valence-corrected chi connectivity index (χ3v) is 5.70. The zero-order chi connectivity index (χ0) is 26.1. The maximum Gasteiger partial charge on any atom is 0.245 e. The maximum atomic E-state index is 13.6. The van der Waals surface area contributed by atoms with Gasteiger partial charge in [-0.3, -0.25) is 9.59 Å². The molecule has 0 saturated carbocycles. The van der Waals surface area contributed by atoms with Crippen LogP contribution in [0.3, 0.4) is 0 Å². The number of imidazole rings is 1. The van der Waals surface area contributed by atoms with E-state index in [1.54, 1.807) is 35.0 Å². The van der Waals surface area contributed by atoms with Crippen molar-refractivity contribution in [3.63, 3.8) is 0 Å². The number of nitrogens with one attached hydrogen (secondary N) is 1.